The summed E-state index contributed by atoms with van der Waals surface area (Å²) in [6.45, 7) is 0. The number of hydrogen-bond donors (Lipinski definition) is 0. The lowest BCUT2D eigenvalue weighted by Crippen LogP contribution is -2.28. The van der Waals surface area contributed by atoms with Crippen LogP contribution < -0.4 is 0 Å². The van der Waals surface area contributed by atoms with E-state index >= 15 is 0 Å². The number of fused-ring (bicyclic) bond motifs is 9. The number of furan rings is 1. The highest BCUT2D eigenvalue weighted by Crippen LogP contribution is 2.58. The molecule has 0 saturated carbocycles. The topological polar surface area (TPSA) is 51.8 Å². The van der Waals surface area contributed by atoms with Crippen molar-refractivity contribution in [2.75, 3.05) is 0 Å². The molecule has 0 spiro atoms. The van der Waals surface area contributed by atoms with Gasteiger partial charge in [-0.2, -0.15) is 0 Å². The maximum Gasteiger partial charge on any atom is 0.164 e. The minimum Gasteiger partial charge on any atom is -0.455 e. The number of nitrogens with zero attached hydrogens (tertiary/aromatic N) is 3. The molecule has 4 nitrogen and oxygen atoms in total. The molecule has 2 aromatic heterocycles. The zero-order valence-electron chi connectivity index (χ0n) is 29.1. The van der Waals surface area contributed by atoms with Crippen molar-refractivity contribution in [1.29, 1.82) is 0 Å². The van der Waals surface area contributed by atoms with Crippen LogP contribution in [0.1, 0.15) is 22.3 Å². The van der Waals surface area contributed by atoms with Crippen LogP contribution in [0.4, 0.5) is 0 Å². The molecule has 4 heteroatoms. The molecule has 0 atom stereocenters. The van der Waals surface area contributed by atoms with E-state index in [2.05, 4.69) is 121 Å². The second-order valence-electron chi connectivity index (χ2n) is 13.9. The van der Waals surface area contributed by atoms with Gasteiger partial charge in [-0.3, -0.25) is 0 Å². The Morgan fingerprint density at radius 2 is 0.926 bits per heavy atom. The summed E-state index contributed by atoms with van der Waals surface area (Å²) in [4.78, 5) is 15.2. The molecule has 0 fully saturated rings. The van der Waals surface area contributed by atoms with E-state index in [1.54, 1.807) is 0 Å². The van der Waals surface area contributed by atoms with Crippen LogP contribution in [0.15, 0.2) is 192 Å². The highest BCUT2D eigenvalue weighted by Gasteiger charge is 2.46. The van der Waals surface area contributed by atoms with Crippen LogP contribution in [-0.2, 0) is 5.41 Å². The van der Waals surface area contributed by atoms with Crippen LogP contribution in [0, 0.1) is 0 Å². The summed E-state index contributed by atoms with van der Waals surface area (Å²) in [5.41, 5.74) is 11.3. The van der Waals surface area contributed by atoms with Crippen LogP contribution in [0.5, 0.6) is 0 Å². The Balaban J connectivity index is 1.22. The van der Waals surface area contributed by atoms with E-state index in [0.29, 0.717) is 17.5 Å². The molecule has 2 heterocycles. The molecule has 0 saturated heterocycles. The van der Waals surface area contributed by atoms with Crippen molar-refractivity contribution in [2.24, 2.45) is 0 Å². The van der Waals surface area contributed by atoms with Gasteiger partial charge in [-0.15, -0.1) is 0 Å². The Labute approximate surface area is 312 Å². The Morgan fingerprint density at radius 1 is 0.389 bits per heavy atom. The van der Waals surface area contributed by atoms with Gasteiger partial charge in [0.25, 0.3) is 0 Å². The van der Waals surface area contributed by atoms with Gasteiger partial charge in [0.1, 0.15) is 11.2 Å². The fourth-order valence-electron chi connectivity index (χ4n) is 8.74. The first kappa shape index (κ1) is 30.5. The van der Waals surface area contributed by atoms with Crippen molar-refractivity contribution in [3.63, 3.8) is 0 Å². The Kier molecular flexibility index (Phi) is 6.73. The van der Waals surface area contributed by atoms with E-state index in [1.165, 1.54) is 33.4 Å². The lowest BCUT2D eigenvalue weighted by molar-refractivity contribution is 0.672. The summed E-state index contributed by atoms with van der Waals surface area (Å²) in [6, 6.07) is 66.1. The first-order chi connectivity index (χ1) is 26.8. The second kappa shape index (κ2) is 11.9. The van der Waals surface area contributed by atoms with Gasteiger partial charge in [0, 0.05) is 32.8 Å². The van der Waals surface area contributed by atoms with E-state index < -0.39 is 5.41 Å². The lowest BCUT2D eigenvalue weighted by atomic mass is 9.67. The molecule has 0 amide bonds. The first-order valence-electron chi connectivity index (χ1n) is 18.3. The Bertz CT molecular complexity index is 2930. The summed E-state index contributed by atoms with van der Waals surface area (Å²) in [5, 5.41) is 4.25. The fraction of sp³-hybridized carbons (Fsp3) is 0.0200. The number of rotatable bonds is 5. The molecule has 252 valence electrons. The predicted octanol–water partition coefficient (Wildman–Crippen LogP) is 12.3. The highest BCUT2D eigenvalue weighted by molar-refractivity contribution is 6.23. The average molecular weight is 690 g/mol. The lowest BCUT2D eigenvalue weighted by Gasteiger charge is -2.33. The van der Waals surface area contributed by atoms with Crippen molar-refractivity contribution in [3.8, 4) is 45.3 Å². The maximum absolute atomic E-state index is 7.01. The highest BCUT2D eigenvalue weighted by atomic mass is 16.3. The monoisotopic (exact) mass is 689 g/mol. The van der Waals surface area contributed by atoms with Crippen LogP contribution in [0.2, 0.25) is 0 Å². The first-order valence-corrected chi connectivity index (χ1v) is 18.3. The van der Waals surface area contributed by atoms with Crippen LogP contribution >= 0.6 is 0 Å². The summed E-state index contributed by atoms with van der Waals surface area (Å²) in [6.07, 6.45) is 0. The van der Waals surface area contributed by atoms with E-state index in [4.69, 9.17) is 19.4 Å². The third kappa shape index (κ3) is 4.40. The van der Waals surface area contributed by atoms with E-state index in [0.717, 1.165) is 49.4 Å². The minimum absolute atomic E-state index is 0.505. The van der Waals surface area contributed by atoms with Gasteiger partial charge in [-0.25, -0.2) is 15.0 Å². The van der Waals surface area contributed by atoms with Crippen molar-refractivity contribution >= 4 is 32.7 Å². The van der Waals surface area contributed by atoms with E-state index in [9.17, 15) is 0 Å². The number of aromatic nitrogens is 3. The molecular formula is C50H31N3O. The Hall–Kier alpha value is -7.17. The fourth-order valence-corrected chi connectivity index (χ4v) is 8.74. The SMILES string of the molecule is c1ccc(-c2nc(-c3ccccc3)nc(-c3cccc4oc5c(ccc6ccc7c(c65)-c5ccccc5C7(c5ccccc5)c5ccccc5)c34)n2)cc1. The summed E-state index contributed by atoms with van der Waals surface area (Å²) < 4.78 is 7.01. The molecule has 0 N–H and O–H groups in total. The molecule has 0 radical (unpaired) electrons. The molecule has 10 aromatic rings. The van der Waals surface area contributed by atoms with Gasteiger partial charge < -0.3 is 4.42 Å². The summed E-state index contributed by atoms with van der Waals surface area (Å²) >= 11 is 0. The largest absolute Gasteiger partial charge is 0.455 e. The van der Waals surface area contributed by atoms with Gasteiger partial charge in [0.15, 0.2) is 17.5 Å². The van der Waals surface area contributed by atoms with Gasteiger partial charge in [-0.05, 0) is 50.9 Å². The molecule has 11 rings (SSSR count). The zero-order valence-corrected chi connectivity index (χ0v) is 29.1. The molecule has 54 heavy (non-hydrogen) atoms. The molecule has 1 aliphatic carbocycles. The van der Waals surface area contributed by atoms with Gasteiger partial charge in [-0.1, -0.05) is 176 Å². The molecule has 0 bridgehead atoms. The van der Waals surface area contributed by atoms with Crippen molar-refractivity contribution in [1.82, 2.24) is 15.0 Å². The molecular weight excluding hydrogens is 659 g/mol. The number of hydrogen-bond acceptors (Lipinski definition) is 4. The summed E-state index contributed by atoms with van der Waals surface area (Å²) in [7, 11) is 0. The zero-order chi connectivity index (χ0) is 35.6. The molecule has 0 unspecified atom stereocenters. The van der Waals surface area contributed by atoms with Gasteiger partial charge >= 0.3 is 0 Å². The van der Waals surface area contributed by atoms with Crippen LogP contribution in [-0.4, -0.2) is 15.0 Å². The normalized spacial score (nSPS) is 13.0. The predicted molar refractivity (Wildman–Crippen MR) is 218 cm³/mol. The van der Waals surface area contributed by atoms with Crippen LogP contribution in [0.3, 0.4) is 0 Å². The number of benzene rings is 8. The molecule has 8 aromatic carbocycles. The van der Waals surface area contributed by atoms with Gasteiger partial charge in [0.05, 0.1) is 5.41 Å². The van der Waals surface area contributed by atoms with Crippen LogP contribution in [0.25, 0.3) is 78.0 Å². The average Bonchev–Trinajstić information content (AvgIpc) is 3.79. The van der Waals surface area contributed by atoms with Crippen molar-refractivity contribution in [2.45, 2.75) is 5.41 Å². The van der Waals surface area contributed by atoms with Crippen molar-refractivity contribution in [3.05, 3.63) is 210 Å². The van der Waals surface area contributed by atoms with Crippen molar-refractivity contribution < 1.29 is 4.42 Å². The standard InChI is InChI=1S/C50H31N3O/c1-5-16-33(17-6-1)47-51-48(34-18-7-2-8-19-34)53-49(52-47)39-25-15-27-42-44(39)38-30-28-32-29-31-41-45(43(32)46(38)54-42)37-24-13-14-26-40(37)50(41,35-20-9-3-10-21-35)36-22-11-4-12-23-36/h1-31H. The Morgan fingerprint density at radius 3 is 1.57 bits per heavy atom. The third-order valence-electron chi connectivity index (χ3n) is 11.0. The summed E-state index contributed by atoms with van der Waals surface area (Å²) in [5.74, 6) is 1.86. The molecule has 1 aliphatic rings. The van der Waals surface area contributed by atoms with E-state index in [-0.39, 0.29) is 0 Å². The quantitative estimate of drug-likeness (QED) is 0.180. The smallest absolute Gasteiger partial charge is 0.164 e. The minimum atomic E-state index is -0.505. The molecule has 0 aliphatic heterocycles. The maximum atomic E-state index is 7.01. The third-order valence-corrected chi connectivity index (χ3v) is 11.0. The van der Waals surface area contributed by atoms with Gasteiger partial charge in [0.2, 0.25) is 0 Å². The second-order valence-corrected chi connectivity index (χ2v) is 13.9. The van der Waals surface area contributed by atoms with E-state index in [1.807, 2.05) is 66.7 Å².